The van der Waals surface area contributed by atoms with Gasteiger partial charge in [0.25, 0.3) is 0 Å². The van der Waals surface area contributed by atoms with Crippen LogP contribution in [0.1, 0.15) is 5.56 Å². The van der Waals surface area contributed by atoms with Crippen LogP contribution >= 0.6 is 11.3 Å². The van der Waals surface area contributed by atoms with Gasteiger partial charge in [-0.1, -0.05) is 152 Å². The Kier molecular flexibility index (Phi) is 7.54. The van der Waals surface area contributed by atoms with Crippen LogP contribution in [0.2, 0.25) is 0 Å². The van der Waals surface area contributed by atoms with E-state index in [4.69, 9.17) is 4.98 Å². The zero-order valence-electron chi connectivity index (χ0n) is 33.3. The lowest BCUT2D eigenvalue weighted by Crippen LogP contribution is -1.93. The van der Waals surface area contributed by atoms with Crippen LogP contribution in [-0.2, 0) is 0 Å². The lowest BCUT2D eigenvalue weighted by molar-refractivity contribution is 1.25. The molecular formula is C58H33N3S. The molecule has 0 unspecified atom stereocenters. The van der Waals surface area contributed by atoms with Crippen LogP contribution in [0, 0.1) is 11.3 Å². The molecule has 0 radical (unpaired) electrons. The Labute approximate surface area is 360 Å². The van der Waals surface area contributed by atoms with Crippen LogP contribution in [-0.4, -0.2) is 9.38 Å². The molecule has 0 spiro atoms. The minimum absolute atomic E-state index is 0.668. The van der Waals surface area contributed by atoms with E-state index in [0.717, 1.165) is 39.1 Å². The Morgan fingerprint density at radius 3 is 1.58 bits per heavy atom. The molecule has 3 aromatic heterocycles. The third-order valence-corrected chi connectivity index (χ3v) is 13.9. The normalized spacial score (nSPS) is 11.9. The molecule has 0 aliphatic carbocycles. The minimum atomic E-state index is 0.668. The third kappa shape index (κ3) is 5.33. The van der Waals surface area contributed by atoms with Gasteiger partial charge in [0, 0.05) is 20.9 Å². The first-order valence-corrected chi connectivity index (χ1v) is 21.7. The molecule has 286 valence electrons. The molecule has 0 amide bonds. The van der Waals surface area contributed by atoms with Gasteiger partial charge in [-0.25, -0.2) is 4.98 Å². The van der Waals surface area contributed by atoms with E-state index in [1.807, 2.05) is 35.6 Å². The van der Waals surface area contributed by atoms with E-state index in [0.29, 0.717) is 5.56 Å². The van der Waals surface area contributed by atoms with Crippen LogP contribution in [0.5, 0.6) is 0 Å². The Morgan fingerprint density at radius 1 is 0.419 bits per heavy atom. The monoisotopic (exact) mass is 803 g/mol. The second-order valence-electron chi connectivity index (χ2n) is 16.2. The smallest absolute Gasteiger partial charge is 0.156 e. The molecule has 0 aliphatic heterocycles. The first kappa shape index (κ1) is 34.7. The molecule has 0 saturated heterocycles. The van der Waals surface area contributed by atoms with Crippen LogP contribution in [0.3, 0.4) is 0 Å². The van der Waals surface area contributed by atoms with E-state index >= 15 is 0 Å². The Morgan fingerprint density at radius 2 is 0.952 bits per heavy atom. The Hall–Kier alpha value is -8.10. The number of benzene rings is 10. The first-order valence-electron chi connectivity index (χ1n) is 20.9. The summed E-state index contributed by atoms with van der Waals surface area (Å²) in [5.41, 5.74) is 13.0. The maximum Gasteiger partial charge on any atom is 0.156 e. The number of nitriles is 1. The molecule has 62 heavy (non-hydrogen) atoms. The number of hydrogen-bond acceptors (Lipinski definition) is 3. The summed E-state index contributed by atoms with van der Waals surface area (Å²) in [6.07, 6.45) is 0. The molecule has 10 aromatic carbocycles. The molecule has 0 bridgehead atoms. The van der Waals surface area contributed by atoms with Gasteiger partial charge in [0.05, 0.1) is 33.1 Å². The van der Waals surface area contributed by atoms with E-state index in [2.05, 4.69) is 186 Å². The van der Waals surface area contributed by atoms with Gasteiger partial charge in [-0.2, -0.15) is 5.26 Å². The first-order chi connectivity index (χ1) is 30.6. The number of thiophene rings is 1. The number of hydrogen-bond donors (Lipinski definition) is 0. The lowest BCUT2D eigenvalue weighted by Gasteiger charge is -2.14. The van der Waals surface area contributed by atoms with Crippen LogP contribution in [0.15, 0.2) is 200 Å². The van der Waals surface area contributed by atoms with Crippen molar-refractivity contribution in [2.45, 2.75) is 0 Å². The number of rotatable bonds is 4. The molecule has 13 aromatic rings. The predicted molar refractivity (Wildman–Crippen MR) is 262 cm³/mol. The second kappa shape index (κ2) is 13.5. The molecule has 0 fully saturated rings. The largest absolute Gasteiger partial charge is 0.291 e. The van der Waals surface area contributed by atoms with Gasteiger partial charge >= 0.3 is 0 Å². The molecule has 3 nitrogen and oxygen atoms in total. The fourth-order valence-electron chi connectivity index (χ4n) is 9.68. The fraction of sp³-hybridized carbons (Fsp3) is 0. The SMILES string of the molecule is N#Cc1ccc(-c2ccc(-c3ccc(-c4ccc(-c5cc6c7cc8ccccc8cc7sc6c6nc7c8cc9ccccc9cc8ccc7n56)cc4)c4ccccc34)cc2)cc1. The van der Waals surface area contributed by atoms with Crippen molar-refractivity contribution in [2.75, 3.05) is 0 Å². The van der Waals surface area contributed by atoms with Crippen LogP contribution in [0.4, 0.5) is 0 Å². The van der Waals surface area contributed by atoms with Gasteiger partial charge in [0.15, 0.2) is 5.65 Å². The maximum atomic E-state index is 9.23. The van der Waals surface area contributed by atoms with Gasteiger partial charge in [0.2, 0.25) is 0 Å². The molecule has 13 rings (SSSR count). The zero-order valence-corrected chi connectivity index (χ0v) is 34.1. The van der Waals surface area contributed by atoms with Crippen LogP contribution in [0.25, 0.3) is 125 Å². The van der Waals surface area contributed by atoms with Gasteiger partial charge in [-0.3, -0.25) is 4.40 Å². The summed E-state index contributed by atoms with van der Waals surface area (Å²) in [5.74, 6) is 0. The van der Waals surface area contributed by atoms with Crippen molar-refractivity contribution in [1.82, 2.24) is 9.38 Å². The van der Waals surface area contributed by atoms with E-state index in [1.165, 1.54) is 85.5 Å². The zero-order chi connectivity index (χ0) is 40.9. The maximum absolute atomic E-state index is 9.23. The van der Waals surface area contributed by atoms with Crippen molar-refractivity contribution < 1.29 is 0 Å². The third-order valence-electron chi connectivity index (χ3n) is 12.8. The summed E-state index contributed by atoms with van der Waals surface area (Å²) in [6.45, 7) is 0. The number of fused-ring (bicyclic) bond motifs is 12. The van der Waals surface area contributed by atoms with Crippen LogP contribution < -0.4 is 0 Å². The topological polar surface area (TPSA) is 41.1 Å². The summed E-state index contributed by atoms with van der Waals surface area (Å²) in [7, 11) is 0. The summed E-state index contributed by atoms with van der Waals surface area (Å²) in [6, 6.07) is 74.5. The molecule has 0 atom stereocenters. The minimum Gasteiger partial charge on any atom is -0.291 e. The number of aromatic nitrogens is 2. The van der Waals surface area contributed by atoms with Crippen molar-refractivity contribution in [2.24, 2.45) is 0 Å². The highest BCUT2D eigenvalue weighted by Gasteiger charge is 2.20. The van der Waals surface area contributed by atoms with E-state index in [9.17, 15) is 5.26 Å². The Balaban J connectivity index is 0.964. The van der Waals surface area contributed by atoms with Crippen molar-refractivity contribution >= 4 is 91.3 Å². The molecule has 0 aliphatic rings. The lowest BCUT2D eigenvalue weighted by atomic mass is 9.91. The fourth-order valence-corrected chi connectivity index (χ4v) is 10.9. The van der Waals surface area contributed by atoms with E-state index in [-0.39, 0.29) is 0 Å². The summed E-state index contributed by atoms with van der Waals surface area (Å²) in [5, 5.41) is 21.5. The number of pyridine rings is 1. The second-order valence-corrected chi connectivity index (χ2v) is 17.3. The number of nitrogens with zero attached hydrogens (tertiary/aromatic N) is 3. The average molecular weight is 804 g/mol. The van der Waals surface area contributed by atoms with Crippen molar-refractivity contribution in [1.29, 1.82) is 5.26 Å². The standard InChI is InChI=1S/C58H33N3S/c59-34-35-13-15-36(16-14-35)37-17-19-38(20-18-37)46-26-27-47(49-12-6-5-11-48(46)49)39-21-23-40(24-22-39)54-33-52-51-31-43-9-3-4-10-44(43)32-55(51)62-57(52)58-60-56-50-30-42-8-2-1-7-41(42)29-45(50)25-28-53(56)61(54)58/h1-33H. The van der Waals surface area contributed by atoms with E-state index < -0.39 is 0 Å². The highest BCUT2D eigenvalue weighted by Crippen LogP contribution is 2.44. The van der Waals surface area contributed by atoms with Gasteiger partial charge < -0.3 is 0 Å². The highest BCUT2D eigenvalue weighted by atomic mass is 32.1. The van der Waals surface area contributed by atoms with Gasteiger partial charge in [0.1, 0.15) is 0 Å². The Bertz CT molecular complexity index is 4020. The molecular weight excluding hydrogens is 771 g/mol. The highest BCUT2D eigenvalue weighted by molar-refractivity contribution is 7.26. The summed E-state index contributed by atoms with van der Waals surface area (Å²) in [4.78, 5) is 5.55. The van der Waals surface area contributed by atoms with Gasteiger partial charge in [-0.15, -0.1) is 11.3 Å². The predicted octanol–water partition coefficient (Wildman–Crippen LogP) is 16.0. The van der Waals surface area contributed by atoms with Crippen molar-refractivity contribution in [3.8, 4) is 50.7 Å². The molecule has 4 heteroatoms. The molecule has 3 heterocycles. The molecule has 0 N–H and O–H groups in total. The summed E-state index contributed by atoms with van der Waals surface area (Å²) < 4.78 is 4.87. The molecule has 0 saturated carbocycles. The summed E-state index contributed by atoms with van der Waals surface area (Å²) >= 11 is 1.84. The van der Waals surface area contributed by atoms with E-state index in [1.54, 1.807) is 0 Å². The average Bonchev–Trinajstić information content (AvgIpc) is 3.91. The van der Waals surface area contributed by atoms with Gasteiger partial charge in [-0.05, 0) is 125 Å². The van der Waals surface area contributed by atoms with Crippen molar-refractivity contribution in [3.63, 3.8) is 0 Å². The van der Waals surface area contributed by atoms with Crippen molar-refractivity contribution in [3.05, 3.63) is 206 Å². The number of imidazole rings is 1. The quantitative estimate of drug-likeness (QED) is 0.166.